The van der Waals surface area contributed by atoms with Gasteiger partial charge in [-0.3, -0.25) is 4.79 Å². The molecular formula is C20H26N2O5S. The lowest BCUT2D eigenvalue weighted by molar-refractivity contribution is -0.121. The van der Waals surface area contributed by atoms with Gasteiger partial charge in [-0.2, -0.15) is 4.31 Å². The highest BCUT2D eigenvalue weighted by Crippen LogP contribution is 2.18. The molecule has 1 amide bonds. The smallest absolute Gasteiger partial charge is 0.235 e. The molecule has 0 aliphatic carbocycles. The van der Waals surface area contributed by atoms with Crippen LogP contribution in [-0.2, 0) is 21.4 Å². The standard InChI is InChI=1S/C20H26N2O5S/c1-16-7-9-17(10-8-16)14-22(28(3,24)25)15-20(23)21-11-12-27-19-6-4-5-18(13-19)26-2/h4-10,13H,11-12,14-15H2,1-3H3,(H,21,23). The minimum absolute atomic E-state index is 0.146. The fourth-order valence-electron chi connectivity index (χ4n) is 2.45. The summed E-state index contributed by atoms with van der Waals surface area (Å²) in [4.78, 5) is 12.2. The third-order valence-electron chi connectivity index (χ3n) is 4.00. The SMILES string of the molecule is COc1cccc(OCCNC(=O)CN(Cc2ccc(C)cc2)S(C)(=O)=O)c1. The Labute approximate surface area is 166 Å². The van der Waals surface area contributed by atoms with Crippen molar-refractivity contribution in [3.05, 3.63) is 59.7 Å². The van der Waals surface area contributed by atoms with Crippen LogP contribution >= 0.6 is 0 Å². The molecule has 0 heterocycles. The maximum Gasteiger partial charge on any atom is 0.235 e. The summed E-state index contributed by atoms with van der Waals surface area (Å²) in [7, 11) is -1.95. The highest BCUT2D eigenvalue weighted by Gasteiger charge is 2.20. The molecule has 0 bridgehead atoms. The van der Waals surface area contributed by atoms with Crippen molar-refractivity contribution in [2.24, 2.45) is 0 Å². The zero-order chi connectivity index (χ0) is 20.6. The number of aryl methyl sites for hydroxylation is 1. The number of carbonyl (C=O) groups excluding carboxylic acids is 1. The van der Waals surface area contributed by atoms with Crippen LogP contribution in [0.5, 0.6) is 11.5 Å². The Kier molecular flexibility index (Phi) is 7.83. The van der Waals surface area contributed by atoms with Gasteiger partial charge in [-0.25, -0.2) is 8.42 Å². The van der Waals surface area contributed by atoms with E-state index in [1.54, 1.807) is 19.2 Å². The first-order valence-corrected chi connectivity index (χ1v) is 10.7. The number of sulfonamides is 1. The molecule has 0 spiro atoms. The molecule has 1 N–H and O–H groups in total. The molecule has 2 rings (SSSR count). The molecule has 0 radical (unpaired) electrons. The zero-order valence-electron chi connectivity index (χ0n) is 16.3. The summed E-state index contributed by atoms with van der Waals surface area (Å²) in [6.45, 7) is 2.38. The predicted octanol–water partition coefficient (Wildman–Crippen LogP) is 1.96. The quantitative estimate of drug-likeness (QED) is 0.610. The number of hydrogen-bond donors (Lipinski definition) is 1. The van der Waals surface area contributed by atoms with Crippen LogP contribution in [0.2, 0.25) is 0 Å². The fraction of sp³-hybridized carbons (Fsp3) is 0.350. The van der Waals surface area contributed by atoms with Gasteiger partial charge in [0.25, 0.3) is 0 Å². The third kappa shape index (κ3) is 7.21. The third-order valence-corrected chi connectivity index (χ3v) is 5.20. The van der Waals surface area contributed by atoms with Crippen molar-refractivity contribution in [3.8, 4) is 11.5 Å². The van der Waals surface area contributed by atoms with Crippen molar-refractivity contribution in [1.29, 1.82) is 0 Å². The minimum atomic E-state index is -3.52. The largest absolute Gasteiger partial charge is 0.497 e. The molecule has 0 unspecified atom stereocenters. The van der Waals surface area contributed by atoms with Gasteiger partial charge in [-0.05, 0) is 24.6 Å². The minimum Gasteiger partial charge on any atom is -0.497 e. The number of ether oxygens (including phenoxy) is 2. The molecule has 0 aliphatic rings. The van der Waals surface area contributed by atoms with Crippen LogP contribution in [0.3, 0.4) is 0 Å². The molecule has 152 valence electrons. The van der Waals surface area contributed by atoms with Crippen molar-refractivity contribution in [2.45, 2.75) is 13.5 Å². The van der Waals surface area contributed by atoms with Gasteiger partial charge in [0.05, 0.1) is 26.5 Å². The van der Waals surface area contributed by atoms with E-state index in [1.165, 1.54) is 0 Å². The first-order chi connectivity index (χ1) is 13.3. The van der Waals surface area contributed by atoms with E-state index in [0.717, 1.165) is 21.7 Å². The van der Waals surface area contributed by atoms with E-state index in [-0.39, 0.29) is 32.1 Å². The average molecular weight is 407 g/mol. The van der Waals surface area contributed by atoms with Crippen molar-refractivity contribution in [3.63, 3.8) is 0 Å². The number of nitrogens with one attached hydrogen (secondary N) is 1. The van der Waals surface area contributed by atoms with E-state index in [9.17, 15) is 13.2 Å². The van der Waals surface area contributed by atoms with Crippen LogP contribution in [0.15, 0.2) is 48.5 Å². The van der Waals surface area contributed by atoms with E-state index in [0.29, 0.717) is 11.5 Å². The van der Waals surface area contributed by atoms with E-state index in [1.807, 2.05) is 43.3 Å². The summed E-state index contributed by atoms with van der Waals surface area (Å²) in [5.41, 5.74) is 1.91. The molecule has 28 heavy (non-hydrogen) atoms. The van der Waals surface area contributed by atoms with Crippen LogP contribution in [0.1, 0.15) is 11.1 Å². The number of rotatable bonds is 10. The Hall–Kier alpha value is -2.58. The Morgan fingerprint density at radius 2 is 1.79 bits per heavy atom. The number of methoxy groups -OCH3 is 1. The fourth-order valence-corrected chi connectivity index (χ4v) is 3.19. The normalized spacial score (nSPS) is 11.3. The number of nitrogens with zero attached hydrogens (tertiary/aromatic N) is 1. The van der Waals surface area contributed by atoms with Crippen molar-refractivity contribution >= 4 is 15.9 Å². The predicted molar refractivity (Wildman–Crippen MR) is 108 cm³/mol. The molecule has 8 heteroatoms. The second-order valence-electron chi connectivity index (χ2n) is 6.39. The summed E-state index contributed by atoms with van der Waals surface area (Å²) in [5.74, 6) is 0.930. The molecule has 0 atom stereocenters. The zero-order valence-corrected chi connectivity index (χ0v) is 17.2. The summed E-state index contributed by atoms with van der Waals surface area (Å²) in [6, 6.07) is 14.7. The van der Waals surface area contributed by atoms with Gasteiger partial charge in [0.15, 0.2) is 0 Å². The summed E-state index contributed by atoms with van der Waals surface area (Å²) < 4.78 is 35.9. The second kappa shape index (κ2) is 10.1. The van der Waals surface area contributed by atoms with E-state index < -0.39 is 10.0 Å². The lowest BCUT2D eigenvalue weighted by Gasteiger charge is -2.19. The summed E-state index contributed by atoms with van der Waals surface area (Å²) >= 11 is 0. The first-order valence-electron chi connectivity index (χ1n) is 8.82. The molecule has 7 nitrogen and oxygen atoms in total. The molecule has 0 saturated heterocycles. The lowest BCUT2D eigenvalue weighted by Crippen LogP contribution is -2.40. The Balaban J connectivity index is 1.83. The van der Waals surface area contributed by atoms with E-state index >= 15 is 0 Å². The van der Waals surface area contributed by atoms with Crippen LogP contribution < -0.4 is 14.8 Å². The maximum atomic E-state index is 12.2. The van der Waals surface area contributed by atoms with Gasteiger partial charge in [0.1, 0.15) is 18.1 Å². The van der Waals surface area contributed by atoms with Crippen LogP contribution in [0.4, 0.5) is 0 Å². The monoisotopic (exact) mass is 406 g/mol. The van der Waals surface area contributed by atoms with Crippen molar-refractivity contribution < 1.29 is 22.7 Å². The van der Waals surface area contributed by atoms with Crippen LogP contribution in [0, 0.1) is 6.92 Å². The average Bonchev–Trinajstić information content (AvgIpc) is 2.66. The number of amides is 1. The number of hydrogen-bond acceptors (Lipinski definition) is 5. The first kappa shape index (κ1) is 21.7. The Morgan fingerprint density at radius 3 is 2.43 bits per heavy atom. The Morgan fingerprint density at radius 1 is 1.11 bits per heavy atom. The second-order valence-corrected chi connectivity index (χ2v) is 8.38. The van der Waals surface area contributed by atoms with Gasteiger partial charge < -0.3 is 14.8 Å². The topological polar surface area (TPSA) is 84.9 Å². The van der Waals surface area contributed by atoms with Gasteiger partial charge in [0, 0.05) is 12.6 Å². The summed E-state index contributed by atoms with van der Waals surface area (Å²) in [6.07, 6.45) is 1.10. The summed E-state index contributed by atoms with van der Waals surface area (Å²) in [5, 5.41) is 2.68. The molecule has 2 aromatic carbocycles. The molecule has 0 aliphatic heterocycles. The Bertz CT molecular complexity index is 882. The highest BCUT2D eigenvalue weighted by molar-refractivity contribution is 7.88. The van der Waals surface area contributed by atoms with Gasteiger partial charge >= 0.3 is 0 Å². The van der Waals surface area contributed by atoms with Crippen molar-refractivity contribution in [1.82, 2.24) is 9.62 Å². The van der Waals surface area contributed by atoms with Crippen LogP contribution in [0.25, 0.3) is 0 Å². The number of carbonyl (C=O) groups is 1. The van der Waals surface area contributed by atoms with Gasteiger partial charge in [-0.15, -0.1) is 0 Å². The van der Waals surface area contributed by atoms with E-state index in [2.05, 4.69) is 5.32 Å². The van der Waals surface area contributed by atoms with Gasteiger partial charge in [-0.1, -0.05) is 35.9 Å². The maximum absolute atomic E-state index is 12.2. The molecule has 0 aromatic heterocycles. The van der Waals surface area contributed by atoms with E-state index in [4.69, 9.17) is 9.47 Å². The lowest BCUT2D eigenvalue weighted by atomic mass is 10.1. The molecule has 2 aromatic rings. The molecular weight excluding hydrogens is 380 g/mol. The van der Waals surface area contributed by atoms with Crippen molar-refractivity contribution in [2.75, 3.05) is 33.1 Å². The highest BCUT2D eigenvalue weighted by atomic mass is 32.2. The molecule has 0 saturated carbocycles. The molecule has 0 fully saturated rings. The number of benzene rings is 2. The van der Waals surface area contributed by atoms with Crippen LogP contribution in [-0.4, -0.2) is 51.7 Å². The van der Waals surface area contributed by atoms with Gasteiger partial charge in [0.2, 0.25) is 15.9 Å².